The fraction of sp³-hybridized carbons (Fsp3) is 0.857. The summed E-state index contributed by atoms with van der Waals surface area (Å²) in [6.07, 6.45) is 2.11. The predicted octanol–water partition coefficient (Wildman–Crippen LogP) is 0.240. The van der Waals surface area contributed by atoms with Gasteiger partial charge in [-0.2, -0.15) is 11.8 Å². The zero-order valence-electron chi connectivity index (χ0n) is 7.13. The largest absolute Gasteiger partial charge is 0.355 e. The van der Waals surface area contributed by atoms with Crippen LogP contribution in [0.3, 0.4) is 0 Å². The van der Waals surface area contributed by atoms with E-state index >= 15 is 0 Å². The number of rotatable bonds is 3. The van der Waals surface area contributed by atoms with Crippen LogP contribution in [0.5, 0.6) is 0 Å². The Bertz CT molecular complexity index is 147. The maximum absolute atomic E-state index is 4.31. The number of likely N-dealkylation sites (N-methyl/N-ethyl adjacent to an activating group) is 1. The molecule has 0 atom stereocenters. The van der Waals surface area contributed by atoms with Crippen molar-refractivity contribution >= 4 is 17.7 Å². The molecule has 4 heteroatoms. The first-order valence-electron chi connectivity index (χ1n) is 3.83. The molecule has 11 heavy (non-hydrogen) atoms. The molecule has 0 amide bonds. The molecule has 1 N–H and O–H groups in total. The van der Waals surface area contributed by atoms with Crippen LogP contribution in [-0.2, 0) is 0 Å². The van der Waals surface area contributed by atoms with E-state index in [4.69, 9.17) is 0 Å². The van der Waals surface area contributed by atoms with Gasteiger partial charge in [-0.1, -0.05) is 0 Å². The molecule has 1 aliphatic rings. The Morgan fingerprint density at radius 1 is 1.73 bits per heavy atom. The summed E-state index contributed by atoms with van der Waals surface area (Å²) < 4.78 is 0. The van der Waals surface area contributed by atoms with Crippen molar-refractivity contribution in [1.29, 1.82) is 0 Å². The van der Waals surface area contributed by atoms with Crippen LogP contribution in [-0.4, -0.2) is 49.6 Å². The number of nitrogens with zero attached hydrogens (tertiary/aromatic N) is 2. The van der Waals surface area contributed by atoms with Gasteiger partial charge < -0.3 is 10.2 Å². The Balaban J connectivity index is 2.15. The molecule has 0 aliphatic carbocycles. The second-order valence-corrected chi connectivity index (χ2v) is 3.53. The van der Waals surface area contributed by atoms with Crippen molar-refractivity contribution in [3.8, 4) is 0 Å². The van der Waals surface area contributed by atoms with Crippen molar-refractivity contribution in [1.82, 2.24) is 10.2 Å². The highest BCUT2D eigenvalue weighted by Crippen LogP contribution is 1.95. The molecular weight excluding hydrogens is 158 g/mol. The molecule has 1 heterocycles. The lowest BCUT2D eigenvalue weighted by Gasteiger charge is -2.14. The van der Waals surface area contributed by atoms with E-state index in [9.17, 15) is 0 Å². The molecule has 0 aromatic heterocycles. The van der Waals surface area contributed by atoms with Crippen LogP contribution < -0.4 is 5.32 Å². The molecule has 0 aromatic carbocycles. The summed E-state index contributed by atoms with van der Waals surface area (Å²) in [5.74, 6) is 2.20. The van der Waals surface area contributed by atoms with E-state index in [1.807, 2.05) is 11.8 Å². The molecule has 0 spiro atoms. The third-order valence-electron chi connectivity index (χ3n) is 1.65. The Labute approximate surface area is 72.3 Å². The minimum absolute atomic E-state index is 0.943. The maximum atomic E-state index is 4.31. The molecule has 1 aliphatic heterocycles. The number of nitrogens with one attached hydrogen (secondary N) is 1. The van der Waals surface area contributed by atoms with Crippen LogP contribution in [0.25, 0.3) is 0 Å². The van der Waals surface area contributed by atoms with Gasteiger partial charge in [0.05, 0.1) is 6.54 Å². The maximum Gasteiger partial charge on any atom is 0.193 e. The standard InChI is InChI=1S/C7H15N3S/c1-10-5-3-8-7(10)9-4-6-11-2/h3-6H2,1-2H3,(H,8,9). The zero-order chi connectivity index (χ0) is 8.10. The van der Waals surface area contributed by atoms with Crippen LogP contribution in [0.1, 0.15) is 0 Å². The van der Waals surface area contributed by atoms with Gasteiger partial charge in [-0.15, -0.1) is 0 Å². The topological polar surface area (TPSA) is 27.6 Å². The van der Waals surface area contributed by atoms with Crippen LogP contribution in [0.2, 0.25) is 0 Å². The normalized spacial score (nSPS) is 16.9. The van der Waals surface area contributed by atoms with Gasteiger partial charge in [-0.05, 0) is 6.26 Å². The average Bonchev–Trinajstić information content (AvgIpc) is 2.37. The SMILES string of the molecule is CSCCNC1=NCCN1C. The fourth-order valence-corrected chi connectivity index (χ4v) is 1.29. The number of hydrogen-bond acceptors (Lipinski definition) is 4. The summed E-state index contributed by atoms with van der Waals surface area (Å²) in [5, 5.41) is 3.29. The van der Waals surface area contributed by atoms with Crippen LogP contribution >= 0.6 is 11.8 Å². The molecule has 0 radical (unpaired) electrons. The highest BCUT2D eigenvalue weighted by Gasteiger charge is 2.10. The number of hydrogen-bond donors (Lipinski definition) is 1. The third kappa shape index (κ3) is 2.61. The quantitative estimate of drug-likeness (QED) is 0.620. The lowest BCUT2D eigenvalue weighted by molar-refractivity contribution is 0.537. The van der Waals surface area contributed by atoms with Gasteiger partial charge in [0.1, 0.15) is 0 Å². The van der Waals surface area contributed by atoms with Gasteiger partial charge in [-0.3, -0.25) is 4.99 Å². The smallest absolute Gasteiger partial charge is 0.193 e. The van der Waals surface area contributed by atoms with Crippen molar-refractivity contribution in [3.05, 3.63) is 0 Å². The molecule has 0 fully saturated rings. The van der Waals surface area contributed by atoms with E-state index in [-0.39, 0.29) is 0 Å². The second-order valence-electron chi connectivity index (χ2n) is 2.55. The van der Waals surface area contributed by atoms with E-state index in [1.165, 1.54) is 0 Å². The van der Waals surface area contributed by atoms with Gasteiger partial charge in [-0.25, -0.2) is 0 Å². The van der Waals surface area contributed by atoms with Crippen molar-refractivity contribution in [2.75, 3.05) is 38.7 Å². The average molecular weight is 173 g/mol. The summed E-state index contributed by atoms with van der Waals surface area (Å²) in [5.41, 5.74) is 0. The molecule has 0 saturated heterocycles. The molecule has 0 aromatic rings. The summed E-state index contributed by atoms with van der Waals surface area (Å²) in [6, 6.07) is 0. The Kier molecular flexibility index (Phi) is 3.56. The summed E-state index contributed by atoms with van der Waals surface area (Å²) >= 11 is 1.85. The number of thioether (sulfide) groups is 1. The van der Waals surface area contributed by atoms with Gasteiger partial charge in [0.2, 0.25) is 0 Å². The van der Waals surface area contributed by atoms with Crippen LogP contribution in [0.4, 0.5) is 0 Å². The summed E-state index contributed by atoms with van der Waals surface area (Å²) in [4.78, 5) is 6.46. The Hall–Kier alpha value is -0.380. The molecule has 0 bridgehead atoms. The number of aliphatic imine (C=N–C) groups is 1. The van der Waals surface area contributed by atoms with Crippen molar-refractivity contribution in [3.63, 3.8) is 0 Å². The number of guanidine groups is 1. The van der Waals surface area contributed by atoms with Gasteiger partial charge in [0, 0.05) is 25.9 Å². The van der Waals surface area contributed by atoms with E-state index in [0.29, 0.717) is 0 Å². The Morgan fingerprint density at radius 2 is 2.55 bits per heavy atom. The first-order chi connectivity index (χ1) is 5.34. The van der Waals surface area contributed by atoms with Crippen LogP contribution in [0.15, 0.2) is 4.99 Å². The van der Waals surface area contributed by atoms with Gasteiger partial charge in [0.15, 0.2) is 5.96 Å². The van der Waals surface area contributed by atoms with Crippen molar-refractivity contribution < 1.29 is 0 Å². The van der Waals surface area contributed by atoms with E-state index in [0.717, 1.165) is 31.3 Å². The first kappa shape index (κ1) is 8.71. The van der Waals surface area contributed by atoms with Gasteiger partial charge >= 0.3 is 0 Å². The van der Waals surface area contributed by atoms with Gasteiger partial charge in [0.25, 0.3) is 0 Å². The zero-order valence-corrected chi connectivity index (χ0v) is 7.95. The second kappa shape index (κ2) is 4.49. The van der Waals surface area contributed by atoms with Crippen molar-refractivity contribution in [2.24, 2.45) is 4.99 Å². The highest BCUT2D eigenvalue weighted by atomic mass is 32.2. The lowest BCUT2D eigenvalue weighted by Crippen LogP contribution is -2.36. The molecule has 0 unspecified atom stereocenters. The predicted molar refractivity (Wildman–Crippen MR) is 51.3 cm³/mol. The first-order valence-corrected chi connectivity index (χ1v) is 5.22. The summed E-state index contributed by atoms with van der Waals surface area (Å²) in [7, 11) is 2.07. The van der Waals surface area contributed by atoms with Crippen LogP contribution in [0, 0.1) is 0 Å². The van der Waals surface area contributed by atoms with Crippen molar-refractivity contribution in [2.45, 2.75) is 0 Å². The van der Waals surface area contributed by atoms with E-state index in [1.54, 1.807) is 0 Å². The molecular formula is C7H15N3S. The molecule has 0 saturated carbocycles. The van der Waals surface area contributed by atoms with E-state index < -0.39 is 0 Å². The highest BCUT2D eigenvalue weighted by molar-refractivity contribution is 7.98. The monoisotopic (exact) mass is 173 g/mol. The molecule has 1 rings (SSSR count). The lowest BCUT2D eigenvalue weighted by atomic mass is 10.6. The molecule has 64 valence electrons. The minimum atomic E-state index is 0.943. The minimum Gasteiger partial charge on any atom is -0.355 e. The molecule has 3 nitrogen and oxygen atoms in total. The Morgan fingerprint density at radius 3 is 3.09 bits per heavy atom. The third-order valence-corrected chi connectivity index (χ3v) is 2.26. The van der Waals surface area contributed by atoms with E-state index in [2.05, 4.69) is 28.5 Å². The summed E-state index contributed by atoms with van der Waals surface area (Å²) in [6.45, 7) is 3.02. The fourth-order valence-electron chi connectivity index (χ4n) is 0.988.